The molecule has 1 heterocycles. The van der Waals surface area contributed by atoms with Gasteiger partial charge in [0.25, 0.3) is 0 Å². The Morgan fingerprint density at radius 3 is 2.00 bits per heavy atom. The molecule has 0 bridgehead atoms. The standard InChI is InChI=1S/C13H29NS/c1-7-12(2)14(13(3,4)5)15(6)10-8-9-11-15/h12H,7-11H2,1-6H3. The van der Waals surface area contributed by atoms with Crippen LogP contribution in [-0.4, -0.2) is 33.6 Å². The van der Waals surface area contributed by atoms with Gasteiger partial charge in [-0.2, -0.15) is 10.2 Å². The van der Waals surface area contributed by atoms with Crippen molar-refractivity contribution in [2.45, 2.75) is 65.5 Å². The molecule has 0 aliphatic carbocycles. The molecule has 0 N–H and O–H groups in total. The molecule has 1 aliphatic heterocycles. The number of nitrogens with zero attached hydrogens (tertiary/aromatic N) is 1. The monoisotopic (exact) mass is 231 g/mol. The molecule has 92 valence electrons. The molecule has 1 rings (SSSR count). The molecule has 0 amide bonds. The minimum atomic E-state index is -0.480. The van der Waals surface area contributed by atoms with Crippen molar-refractivity contribution in [1.29, 1.82) is 0 Å². The number of hydrogen-bond donors (Lipinski definition) is 0. The van der Waals surface area contributed by atoms with Crippen LogP contribution >= 0.6 is 10.2 Å². The van der Waals surface area contributed by atoms with E-state index in [4.69, 9.17) is 0 Å². The average molecular weight is 231 g/mol. The fraction of sp³-hybridized carbons (Fsp3) is 1.00. The lowest BCUT2D eigenvalue weighted by Gasteiger charge is -2.54. The maximum absolute atomic E-state index is 2.85. The topological polar surface area (TPSA) is 3.24 Å². The zero-order valence-electron chi connectivity index (χ0n) is 11.5. The second-order valence-electron chi connectivity index (χ2n) is 6.09. The van der Waals surface area contributed by atoms with Gasteiger partial charge in [0.05, 0.1) is 0 Å². The first-order chi connectivity index (χ1) is 6.81. The van der Waals surface area contributed by atoms with Crippen molar-refractivity contribution in [3.63, 3.8) is 0 Å². The van der Waals surface area contributed by atoms with Crippen molar-refractivity contribution >= 4 is 10.2 Å². The van der Waals surface area contributed by atoms with Gasteiger partial charge in [-0.3, -0.25) is 4.31 Å². The number of hydrogen-bond acceptors (Lipinski definition) is 1. The first kappa shape index (κ1) is 13.4. The second kappa shape index (κ2) is 4.67. The van der Waals surface area contributed by atoms with Crippen molar-refractivity contribution in [3.8, 4) is 0 Å². The van der Waals surface area contributed by atoms with Crippen LogP contribution in [0.3, 0.4) is 0 Å². The summed E-state index contributed by atoms with van der Waals surface area (Å²) in [4.78, 5) is 0. The molecule has 15 heavy (non-hydrogen) atoms. The summed E-state index contributed by atoms with van der Waals surface area (Å²) in [6.45, 7) is 11.9. The molecule has 0 radical (unpaired) electrons. The molecule has 0 aromatic carbocycles. The summed E-state index contributed by atoms with van der Waals surface area (Å²) in [7, 11) is -0.480. The highest BCUT2D eigenvalue weighted by molar-refractivity contribution is 8.31. The molecule has 1 aliphatic rings. The van der Waals surface area contributed by atoms with E-state index in [0.717, 1.165) is 6.04 Å². The van der Waals surface area contributed by atoms with Gasteiger partial charge >= 0.3 is 0 Å². The van der Waals surface area contributed by atoms with Crippen molar-refractivity contribution in [3.05, 3.63) is 0 Å². The summed E-state index contributed by atoms with van der Waals surface area (Å²) < 4.78 is 2.85. The van der Waals surface area contributed by atoms with E-state index in [-0.39, 0.29) is 0 Å². The van der Waals surface area contributed by atoms with E-state index < -0.39 is 10.2 Å². The van der Waals surface area contributed by atoms with E-state index >= 15 is 0 Å². The molecule has 1 unspecified atom stereocenters. The molecule has 1 fully saturated rings. The second-order valence-corrected chi connectivity index (χ2v) is 9.75. The maximum Gasteiger partial charge on any atom is 0.0216 e. The van der Waals surface area contributed by atoms with Crippen LogP contribution in [0.2, 0.25) is 0 Å². The number of rotatable bonds is 3. The summed E-state index contributed by atoms with van der Waals surface area (Å²) in [6.07, 6.45) is 6.74. The lowest BCUT2D eigenvalue weighted by molar-refractivity contribution is 0.209. The van der Waals surface area contributed by atoms with Crippen LogP contribution in [0.1, 0.15) is 53.9 Å². The first-order valence-electron chi connectivity index (χ1n) is 6.34. The summed E-state index contributed by atoms with van der Waals surface area (Å²) in [5.74, 6) is 2.93. The molecule has 0 aromatic rings. The lowest BCUT2D eigenvalue weighted by atomic mass is 10.1. The quantitative estimate of drug-likeness (QED) is 0.709. The average Bonchev–Trinajstić information content (AvgIpc) is 2.49. The van der Waals surface area contributed by atoms with Crippen molar-refractivity contribution in [2.24, 2.45) is 0 Å². The third-order valence-electron chi connectivity index (χ3n) is 3.55. The van der Waals surface area contributed by atoms with E-state index in [1.54, 1.807) is 0 Å². The van der Waals surface area contributed by atoms with Crippen LogP contribution in [0.25, 0.3) is 0 Å². The van der Waals surface area contributed by atoms with Gasteiger partial charge in [0.1, 0.15) is 0 Å². The molecule has 1 nitrogen and oxygen atoms in total. The van der Waals surface area contributed by atoms with Gasteiger partial charge in [-0.15, -0.1) is 0 Å². The first-order valence-corrected chi connectivity index (χ1v) is 8.68. The normalized spacial score (nSPS) is 25.5. The molecular formula is C13H29NS. The Morgan fingerprint density at radius 2 is 1.67 bits per heavy atom. The van der Waals surface area contributed by atoms with Crippen LogP contribution in [0.5, 0.6) is 0 Å². The van der Waals surface area contributed by atoms with E-state index in [2.05, 4.69) is 45.2 Å². The lowest BCUT2D eigenvalue weighted by Crippen LogP contribution is -2.48. The summed E-state index contributed by atoms with van der Waals surface area (Å²) in [5.41, 5.74) is 0.337. The Hall–Kier alpha value is 0.310. The molecule has 2 heteroatoms. The molecule has 1 saturated heterocycles. The smallest absolute Gasteiger partial charge is 0.0216 e. The van der Waals surface area contributed by atoms with Crippen LogP contribution in [-0.2, 0) is 0 Å². The Balaban J connectivity index is 2.90. The van der Waals surface area contributed by atoms with Crippen LogP contribution in [0.15, 0.2) is 0 Å². The molecule has 0 saturated carbocycles. The van der Waals surface area contributed by atoms with Crippen molar-refractivity contribution in [2.75, 3.05) is 17.8 Å². The van der Waals surface area contributed by atoms with Gasteiger partial charge in [0.15, 0.2) is 0 Å². The van der Waals surface area contributed by atoms with Crippen LogP contribution in [0, 0.1) is 0 Å². The predicted octanol–water partition coefficient (Wildman–Crippen LogP) is 4.03. The largest absolute Gasteiger partial charge is 0.260 e. The summed E-state index contributed by atoms with van der Waals surface area (Å²) in [5, 5.41) is 0. The predicted molar refractivity (Wildman–Crippen MR) is 73.8 cm³/mol. The van der Waals surface area contributed by atoms with Crippen LogP contribution in [0.4, 0.5) is 0 Å². The zero-order valence-corrected chi connectivity index (χ0v) is 12.3. The zero-order chi connectivity index (χ0) is 11.7. The minimum Gasteiger partial charge on any atom is -0.260 e. The highest BCUT2D eigenvalue weighted by Gasteiger charge is 2.38. The SMILES string of the molecule is CCC(C)N(C(C)(C)C)S1(C)CCCC1. The maximum atomic E-state index is 2.85. The minimum absolute atomic E-state index is 0.337. The Labute approximate surface area is 98.1 Å². The molecule has 1 atom stereocenters. The van der Waals surface area contributed by atoms with Crippen molar-refractivity contribution < 1.29 is 0 Å². The van der Waals surface area contributed by atoms with Crippen molar-refractivity contribution in [1.82, 2.24) is 4.31 Å². The van der Waals surface area contributed by atoms with Gasteiger partial charge in [0, 0.05) is 11.6 Å². The summed E-state index contributed by atoms with van der Waals surface area (Å²) >= 11 is 0. The Kier molecular flexibility index (Phi) is 4.16. The Bertz CT molecular complexity index is 201. The van der Waals surface area contributed by atoms with Gasteiger partial charge in [-0.1, -0.05) is 6.92 Å². The Morgan fingerprint density at radius 1 is 1.20 bits per heavy atom. The van der Waals surface area contributed by atoms with Crippen LogP contribution < -0.4 is 0 Å². The summed E-state index contributed by atoms with van der Waals surface area (Å²) in [6, 6.07) is 0.739. The van der Waals surface area contributed by atoms with E-state index in [9.17, 15) is 0 Å². The highest BCUT2D eigenvalue weighted by atomic mass is 32.3. The highest BCUT2D eigenvalue weighted by Crippen LogP contribution is 2.57. The fourth-order valence-corrected chi connectivity index (χ4v) is 7.64. The van der Waals surface area contributed by atoms with Gasteiger partial charge < -0.3 is 0 Å². The van der Waals surface area contributed by atoms with E-state index in [1.165, 1.54) is 30.8 Å². The molecule has 0 spiro atoms. The van der Waals surface area contributed by atoms with Gasteiger partial charge in [-0.05, 0) is 64.7 Å². The van der Waals surface area contributed by atoms with Gasteiger partial charge in [0.2, 0.25) is 0 Å². The molecular weight excluding hydrogens is 202 g/mol. The third-order valence-corrected chi connectivity index (χ3v) is 7.74. The van der Waals surface area contributed by atoms with E-state index in [1.807, 2.05) is 0 Å². The van der Waals surface area contributed by atoms with Gasteiger partial charge in [-0.25, -0.2) is 0 Å². The van der Waals surface area contributed by atoms with E-state index in [0.29, 0.717) is 5.54 Å². The fourth-order valence-electron chi connectivity index (χ4n) is 3.05. The molecule has 0 aromatic heterocycles. The third kappa shape index (κ3) is 2.91.